The van der Waals surface area contributed by atoms with E-state index in [1.165, 1.54) is 0 Å². The molecule has 2 atom stereocenters. The van der Waals surface area contributed by atoms with Crippen LogP contribution in [0.1, 0.15) is 26.3 Å². The molecule has 0 saturated heterocycles. The van der Waals surface area contributed by atoms with Gasteiger partial charge in [0.25, 0.3) is 0 Å². The first-order chi connectivity index (χ1) is 8.90. The van der Waals surface area contributed by atoms with E-state index < -0.39 is 18.0 Å². The summed E-state index contributed by atoms with van der Waals surface area (Å²) < 4.78 is 0. The highest BCUT2D eigenvalue weighted by molar-refractivity contribution is 7.07. The topological polar surface area (TPSA) is 78.4 Å². The summed E-state index contributed by atoms with van der Waals surface area (Å²) in [6.45, 7) is 5.41. The quantitative estimate of drug-likeness (QED) is 0.748. The second-order valence-electron chi connectivity index (χ2n) is 4.91. The van der Waals surface area contributed by atoms with E-state index in [1.807, 2.05) is 23.8 Å². The van der Waals surface area contributed by atoms with Crippen LogP contribution in [-0.4, -0.2) is 29.2 Å². The van der Waals surface area contributed by atoms with Crippen LogP contribution in [0.25, 0.3) is 0 Å². The molecule has 2 amide bonds. The molecular weight excluding hydrogens is 264 g/mol. The number of carbonyl (C=O) groups is 2. The van der Waals surface area contributed by atoms with Crippen LogP contribution in [-0.2, 0) is 11.2 Å². The minimum Gasteiger partial charge on any atom is -0.480 e. The number of carboxylic acid groups (broad SMARTS) is 1. The molecule has 0 spiro atoms. The molecule has 1 heterocycles. The van der Waals surface area contributed by atoms with E-state index in [9.17, 15) is 9.59 Å². The molecule has 0 aliphatic rings. The summed E-state index contributed by atoms with van der Waals surface area (Å²) in [5.41, 5.74) is 1.16. The van der Waals surface area contributed by atoms with Crippen LogP contribution < -0.4 is 10.6 Å². The lowest BCUT2D eigenvalue weighted by atomic mass is 10.1. The average Bonchev–Trinajstić information content (AvgIpc) is 2.77. The summed E-state index contributed by atoms with van der Waals surface area (Å²) in [6.07, 6.45) is 0.732. The Bertz CT molecular complexity index is 418. The average molecular weight is 284 g/mol. The van der Waals surface area contributed by atoms with Gasteiger partial charge in [-0.25, -0.2) is 9.59 Å². The molecule has 6 heteroatoms. The highest BCUT2D eigenvalue weighted by atomic mass is 32.1. The van der Waals surface area contributed by atoms with Gasteiger partial charge in [0.15, 0.2) is 0 Å². The molecule has 0 aliphatic heterocycles. The first-order valence-corrected chi connectivity index (χ1v) is 7.15. The smallest absolute Gasteiger partial charge is 0.326 e. The van der Waals surface area contributed by atoms with Crippen molar-refractivity contribution < 1.29 is 14.7 Å². The van der Waals surface area contributed by atoms with Crippen molar-refractivity contribution in [2.45, 2.75) is 39.3 Å². The summed E-state index contributed by atoms with van der Waals surface area (Å²) in [6, 6.07) is 0.656. The van der Waals surface area contributed by atoms with Crippen LogP contribution in [0, 0.1) is 5.92 Å². The number of aliphatic carboxylic acids is 1. The van der Waals surface area contributed by atoms with Gasteiger partial charge in [0.05, 0.1) is 0 Å². The van der Waals surface area contributed by atoms with Crippen LogP contribution in [0.5, 0.6) is 0 Å². The maximum Gasteiger partial charge on any atom is 0.326 e. The van der Waals surface area contributed by atoms with Crippen molar-refractivity contribution in [3.05, 3.63) is 22.4 Å². The van der Waals surface area contributed by atoms with Crippen LogP contribution in [0.2, 0.25) is 0 Å². The molecule has 19 heavy (non-hydrogen) atoms. The van der Waals surface area contributed by atoms with Gasteiger partial charge >= 0.3 is 12.0 Å². The van der Waals surface area contributed by atoms with Gasteiger partial charge in [-0.15, -0.1) is 0 Å². The van der Waals surface area contributed by atoms with Gasteiger partial charge in [-0.1, -0.05) is 13.8 Å². The maximum atomic E-state index is 11.7. The highest BCUT2D eigenvalue weighted by Gasteiger charge is 2.23. The van der Waals surface area contributed by atoms with E-state index in [2.05, 4.69) is 10.6 Å². The zero-order chi connectivity index (χ0) is 14.4. The van der Waals surface area contributed by atoms with Crippen molar-refractivity contribution in [2.75, 3.05) is 0 Å². The number of urea groups is 1. The first-order valence-electron chi connectivity index (χ1n) is 6.21. The van der Waals surface area contributed by atoms with Crippen LogP contribution in [0.4, 0.5) is 4.79 Å². The number of rotatable bonds is 6. The van der Waals surface area contributed by atoms with E-state index in [-0.39, 0.29) is 12.0 Å². The summed E-state index contributed by atoms with van der Waals surface area (Å²) in [4.78, 5) is 22.7. The fourth-order valence-corrected chi connectivity index (χ4v) is 2.42. The molecule has 3 N–H and O–H groups in total. The van der Waals surface area contributed by atoms with Crippen LogP contribution >= 0.6 is 11.3 Å². The number of hydrogen-bond acceptors (Lipinski definition) is 3. The molecule has 5 nitrogen and oxygen atoms in total. The molecule has 0 fully saturated rings. The van der Waals surface area contributed by atoms with E-state index in [4.69, 9.17) is 5.11 Å². The third kappa shape index (κ3) is 5.30. The largest absolute Gasteiger partial charge is 0.480 e. The lowest BCUT2D eigenvalue weighted by molar-refractivity contribution is -0.140. The van der Waals surface area contributed by atoms with E-state index >= 15 is 0 Å². The molecule has 1 aromatic heterocycles. The molecule has 1 unspecified atom stereocenters. The van der Waals surface area contributed by atoms with Crippen molar-refractivity contribution in [3.8, 4) is 0 Å². The zero-order valence-corrected chi connectivity index (χ0v) is 12.2. The standard InChI is InChI=1S/C13H20N2O3S/c1-8(2)11(12(16)17)15-13(18)14-9(3)6-10-4-5-19-7-10/h4-5,7-9,11H,6H2,1-3H3,(H,16,17)(H2,14,15,18)/t9?,11-/m0/s1. The Morgan fingerprint density at radius 3 is 2.47 bits per heavy atom. The number of amides is 2. The van der Waals surface area contributed by atoms with Crippen molar-refractivity contribution in [3.63, 3.8) is 0 Å². The van der Waals surface area contributed by atoms with E-state index in [0.29, 0.717) is 0 Å². The highest BCUT2D eigenvalue weighted by Crippen LogP contribution is 2.08. The Morgan fingerprint density at radius 2 is 2.00 bits per heavy atom. The normalized spacial score (nSPS) is 13.9. The van der Waals surface area contributed by atoms with E-state index in [1.54, 1.807) is 25.2 Å². The Kier molecular flexibility index (Phi) is 5.82. The number of thiophene rings is 1. The van der Waals surface area contributed by atoms with Gasteiger partial charge in [0.2, 0.25) is 0 Å². The summed E-state index contributed by atoms with van der Waals surface area (Å²) in [5.74, 6) is -1.17. The summed E-state index contributed by atoms with van der Waals surface area (Å²) >= 11 is 1.61. The summed E-state index contributed by atoms with van der Waals surface area (Å²) in [7, 11) is 0. The Labute approximate surface area is 117 Å². The zero-order valence-electron chi connectivity index (χ0n) is 11.3. The fourth-order valence-electron chi connectivity index (χ4n) is 1.73. The number of carbonyl (C=O) groups excluding carboxylic acids is 1. The number of hydrogen-bond donors (Lipinski definition) is 3. The number of carboxylic acids is 1. The molecule has 106 valence electrons. The lowest BCUT2D eigenvalue weighted by Crippen LogP contribution is -2.50. The summed E-state index contributed by atoms with van der Waals surface area (Å²) in [5, 5.41) is 18.2. The van der Waals surface area contributed by atoms with Crippen molar-refractivity contribution >= 4 is 23.3 Å². The van der Waals surface area contributed by atoms with Gasteiger partial charge in [0.1, 0.15) is 6.04 Å². The molecule has 0 radical (unpaired) electrons. The van der Waals surface area contributed by atoms with Crippen LogP contribution in [0.15, 0.2) is 16.8 Å². The molecule has 0 saturated carbocycles. The SMILES string of the molecule is CC(Cc1ccsc1)NC(=O)N[C@H](C(=O)O)C(C)C. The van der Waals surface area contributed by atoms with Crippen molar-refractivity contribution in [1.82, 2.24) is 10.6 Å². The Morgan fingerprint density at radius 1 is 1.32 bits per heavy atom. The second kappa shape index (κ2) is 7.13. The molecule has 0 aliphatic carbocycles. The minimum absolute atomic E-state index is 0.0452. The molecule has 1 rings (SSSR count). The van der Waals surface area contributed by atoms with Crippen LogP contribution in [0.3, 0.4) is 0 Å². The van der Waals surface area contributed by atoms with E-state index in [0.717, 1.165) is 12.0 Å². The first kappa shape index (κ1) is 15.5. The lowest BCUT2D eigenvalue weighted by Gasteiger charge is -2.20. The van der Waals surface area contributed by atoms with Gasteiger partial charge in [-0.05, 0) is 41.7 Å². The van der Waals surface area contributed by atoms with Gasteiger partial charge in [0, 0.05) is 6.04 Å². The maximum absolute atomic E-state index is 11.7. The van der Waals surface area contributed by atoms with Gasteiger partial charge in [-0.2, -0.15) is 11.3 Å². The predicted molar refractivity (Wildman–Crippen MR) is 75.4 cm³/mol. The Hall–Kier alpha value is -1.56. The second-order valence-corrected chi connectivity index (χ2v) is 5.69. The molecule has 1 aromatic rings. The number of nitrogens with one attached hydrogen (secondary N) is 2. The minimum atomic E-state index is -1.02. The monoisotopic (exact) mass is 284 g/mol. The van der Waals surface area contributed by atoms with Crippen molar-refractivity contribution in [2.24, 2.45) is 5.92 Å². The predicted octanol–water partition coefficient (Wildman–Crippen LogP) is 2.09. The third-order valence-corrected chi connectivity index (χ3v) is 3.45. The third-order valence-electron chi connectivity index (χ3n) is 2.72. The van der Waals surface area contributed by atoms with Gasteiger partial charge < -0.3 is 15.7 Å². The van der Waals surface area contributed by atoms with Gasteiger partial charge in [-0.3, -0.25) is 0 Å². The molecule has 0 bridgehead atoms. The molecular formula is C13H20N2O3S. The molecule has 0 aromatic carbocycles. The van der Waals surface area contributed by atoms with Crippen molar-refractivity contribution in [1.29, 1.82) is 0 Å². The fraction of sp³-hybridized carbons (Fsp3) is 0.538. The Balaban J connectivity index is 2.43.